The van der Waals surface area contributed by atoms with Crippen molar-refractivity contribution >= 4 is 5.91 Å². The molecule has 25 heavy (non-hydrogen) atoms. The van der Waals surface area contributed by atoms with Gasteiger partial charge >= 0.3 is 0 Å². The number of nitrogens with zero attached hydrogens (tertiary/aromatic N) is 1. The fourth-order valence-electron chi connectivity index (χ4n) is 4.14. The molecule has 0 spiro atoms. The molecule has 1 saturated carbocycles. The molecule has 1 saturated heterocycles. The van der Waals surface area contributed by atoms with Gasteiger partial charge in [0.05, 0.1) is 0 Å². The molecule has 1 amide bonds. The Morgan fingerprint density at radius 3 is 2.32 bits per heavy atom. The third kappa shape index (κ3) is 5.53. The van der Waals surface area contributed by atoms with Crippen LogP contribution in [0.25, 0.3) is 0 Å². The zero-order valence-electron chi connectivity index (χ0n) is 15.2. The predicted octanol–water partition coefficient (Wildman–Crippen LogP) is 4.27. The second-order valence-corrected chi connectivity index (χ2v) is 7.69. The van der Waals surface area contributed by atoms with Gasteiger partial charge in [-0.1, -0.05) is 50.3 Å². The van der Waals surface area contributed by atoms with Crippen LogP contribution in [0.5, 0.6) is 0 Å². The number of rotatable bonds is 4. The Kier molecular flexibility index (Phi) is 6.85. The number of halogens is 1. The Morgan fingerprint density at radius 1 is 1.00 bits per heavy atom. The van der Waals surface area contributed by atoms with Crippen molar-refractivity contribution in [2.24, 2.45) is 5.92 Å². The van der Waals surface area contributed by atoms with Crippen LogP contribution in [-0.4, -0.2) is 29.9 Å². The second kappa shape index (κ2) is 9.33. The Bertz CT molecular complexity index is 547. The lowest BCUT2D eigenvalue weighted by Crippen LogP contribution is -2.43. The summed E-state index contributed by atoms with van der Waals surface area (Å²) in [5.41, 5.74) is 0.750. The summed E-state index contributed by atoms with van der Waals surface area (Å²) in [5, 5.41) is 3.31. The van der Waals surface area contributed by atoms with E-state index in [4.69, 9.17) is 0 Å². The first-order chi connectivity index (χ1) is 12.2. The van der Waals surface area contributed by atoms with Crippen molar-refractivity contribution in [3.8, 4) is 0 Å². The maximum absolute atomic E-state index is 13.8. The summed E-state index contributed by atoms with van der Waals surface area (Å²) in [7, 11) is 0. The summed E-state index contributed by atoms with van der Waals surface area (Å²) in [6.45, 7) is 2.39. The summed E-state index contributed by atoms with van der Waals surface area (Å²) in [6.07, 6.45) is 10.5. The maximum atomic E-state index is 13.8. The minimum absolute atomic E-state index is 0.127. The van der Waals surface area contributed by atoms with Crippen molar-refractivity contribution in [1.29, 1.82) is 0 Å². The molecule has 2 fully saturated rings. The fraction of sp³-hybridized carbons (Fsp3) is 0.667. The minimum Gasteiger partial charge on any atom is -0.353 e. The summed E-state index contributed by atoms with van der Waals surface area (Å²) >= 11 is 0. The SMILES string of the molecule is O=C(NC1CCCCCCC1)C1CCN(Cc2ccccc2F)CC1. The Labute approximate surface area is 151 Å². The van der Waals surface area contributed by atoms with Crippen molar-refractivity contribution < 1.29 is 9.18 Å². The first-order valence-electron chi connectivity index (χ1n) is 9.98. The number of benzene rings is 1. The number of hydrogen-bond acceptors (Lipinski definition) is 2. The molecule has 0 atom stereocenters. The Hall–Kier alpha value is -1.42. The van der Waals surface area contributed by atoms with E-state index in [0.29, 0.717) is 12.6 Å². The highest BCUT2D eigenvalue weighted by molar-refractivity contribution is 5.79. The largest absolute Gasteiger partial charge is 0.353 e. The molecule has 0 bridgehead atoms. The van der Waals surface area contributed by atoms with Gasteiger partial charge in [0.1, 0.15) is 5.82 Å². The van der Waals surface area contributed by atoms with Gasteiger partial charge in [0.25, 0.3) is 0 Å². The topological polar surface area (TPSA) is 32.3 Å². The fourth-order valence-corrected chi connectivity index (χ4v) is 4.14. The molecule has 1 aromatic rings. The highest BCUT2D eigenvalue weighted by Gasteiger charge is 2.26. The molecule has 4 heteroatoms. The molecule has 3 rings (SSSR count). The zero-order valence-corrected chi connectivity index (χ0v) is 15.2. The number of carbonyl (C=O) groups excluding carboxylic acids is 1. The number of likely N-dealkylation sites (tertiary alicyclic amines) is 1. The van der Waals surface area contributed by atoms with E-state index >= 15 is 0 Å². The van der Waals surface area contributed by atoms with Gasteiger partial charge in [0.15, 0.2) is 0 Å². The van der Waals surface area contributed by atoms with Crippen LogP contribution < -0.4 is 5.32 Å². The summed E-state index contributed by atoms with van der Waals surface area (Å²) < 4.78 is 13.8. The van der Waals surface area contributed by atoms with Gasteiger partial charge in [0.2, 0.25) is 5.91 Å². The van der Waals surface area contributed by atoms with Crippen LogP contribution in [0, 0.1) is 11.7 Å². The second-order valence-electron chi connectivity index (χ2n) is 7.69. The third-order valence-electron chi connectivity index (χ3n) is 5.76. The van der Waals surface area contributed by atoms with Crippen molar-refractivity contribution in [2.45, 2.75) is 70.4 Å². The number of amides is 1. The van der Waals surface area contributed by atoms with Crippen LogP contribution in [-0.2, 0) is 11.3 Å². The molecule has 1 heterocycles. The first kappa shape index (κ1) is 18.4. The van der Waals surface area contributed by atoms with Gasteiger partial charge in [-0.3, -0.25) is 9.69 Å². The quantitative estimate of drug-likeness (QED) is 0.883. The molecule has 1 aliphatic carbocycles. The van der Waals surface area contributed by atoms with E-state index in [1.54, 1.807) is 6.07 Å². The zero-order chi connectivity index (χ0) is 17.5. The Balaban J connectivity index is 1.43. The average molecular weight is 346 g/mol. The van der Waals surface area contributed by atoms with E-state index in [0.717, 1.165) is 44.3 Å². The molecular weight excluding hydrogens is 315 g/mol. The van der Waals surface area contributed by atoms with Crippen LogP contribution in [0.2, 0.25) is 0 Å². The number of nitrogens with one attached hydrogen (secondary N) is 1. The van der Waals surface area contributed by atoms with E-state index in [1.165, 1.54) is 38.2 Å². The lowest BCUT2D eigenvalue weighted by molar-refractivity contribution is -0.127. The van der Waals surface area contributed by atoms with Crippen molar-refractivity contribution in [3.05, 3.63) is 35.6 Å². The van der Waals surface area contributed by atoms with E-state index < -0.39 is 0 Å². The molecule has 1 aliphatic heterocycles. The van der Waals surface area contributed by atoms with Gasteiger partial charge in [-0.05, 0) is 44.8 Å². The van der Waals surface area contributed by atoms with Crippen LogP contribution in [0.1, 0.15) is 63.4 Å². The minimum atomic E-state index is -0.133. The lowest BCUT2D eigenvalue weighted by Gasteiger charge is -2.32. The maximum Gasteiger partial charge on any atom is 0.223 e. The highest BCUT2D eigenvalue weighted by atomic mass is 19.1. The van der Waals surface area contributed by atoms with Crippen LogP contribution in [0.15, 0.2) is 24.3 Å². The van der Waals surface area contributed by atoms with Gasteiger partial charge in [-0.25, -0.2) is 4.39 Å². The molecular formula is C21H31FN2O. The van der Waals surface area contributed by atoms with Gasteiger partial charge < -0.3 is 5.32 Å². The highest BCUT2D eigenvalue weighted by Crippen LogP contribution is 2.22. The van der Waals surface area contributed by atoms with Gasteiger partial charge in [-0.2, -0.15) is 0 Å². The molecule has 1 aromatic carbocycles. The van der Waals surface area contributed by atoms with Crippen molar-refractivity contribution in [3.63, 3.8) is 0 Å². The smallest absolute Gasteiger partial charge is 0.223 e. The van der Waals surface area contributed by atoms with Crippen LogP contribution in [0.4, 0.5) is 4.39 Å². The lowest BCUT2D eigenvalue weighted by atomic mass is 9.93. The summed E-state index contributed by atoms with van der Waals surface area (Å²) in [5.74, 6) is 0.241. The first-order valence-corrected chi connectivity index (χ1v) is 9.98. The van der Waals surface area contributed by atoms with E-state index in [2.05, 4.69) is 10.2 Å². The number of piperidine rings is 1. The molecule has 0 radical (unpaired) electrons. The van der Waals surface area contributed by atoms with E-state index in [9.17, 15) is 9.18 Å². The monoisotopic (exact) mass is 346 g/mol. The molecule has 1 N–H and O–H groups in total. The number of hydrogen-bond donors (Lipinski definition) is 1. The normalized spacial score (nSPS) is 21.5. The molecule has 3 nitrogen and oxygen atoms in total. The van der Waals surface area contributed by atoms with Crippen LogP contribution in [0.3, 0.4) is 0 Å². The standard InChI is InChI=1S/C21H31FN2O/c22-20-11-7-6-8-18(20)16-24-14-12-17(13-15-24)21(25)23-19-9-4-2-1-3-5-10-19/h6-8,11,17,19H,1-5,9-10,12-16H2,(H,23,25). The average Bonchev–Trinajstić information content (AvgIpc) is 2.60. The summed E-state index contributed by atoms with van der Waals surface area (Å²) in [4.78, 5) is 14.9. The van der Waals surface area contributed by atoms with E-state index in [1.807, 2.05) is 12.1 Å². The summed E-state index contributed by atoms with van der Waals surface area (Å²) in [6, 6.07) is 7.36. The van der Waals surface area contributed by atoms with Gasteiger partial charge in [0, 0.05) is 24.1 Å². The van der Waals surface area contributed by atoms with Crippen LogP contribution >= 0.6 is 0 Å². The molecule has 2 aliphatic rings. The predicted molar refractivity (Wildman–Crippen MR) is 98.7 cm³/mol. The van der Waals surface area contributed by atoms with Gasteiger partial charge in [-0.15, -0.1) is 0 Å². The molecule has 0 aromatic heterocycles. The van der Waals surface area contributed by atoms with Crippen molar-refractivity contribution in [1.82, 2.24) is 10.2 Å². The van der Waals surface area contributed by atoms with E-state index in [-0.39, 0.29) is 17.6 Å². The molecule has 138 valence electrons. The molecule has 0 unspecified atom stereocenters. The number of carbonyl (C=O) groups is 1. The van der Waals surface area contributed by atoms with Crippen molar-refractivity contribution in [2.75, 3.05) is 13.1 Å². The third-order valence-corrected chi connectivity index (χ3v) is 5.76. The Morgan fingerprint density at radius 2 is 1.64 bits per heavy atom.